The van der Waals surface area contributed by atoms with Crippen molar-refractivity contribution in [2.75, 3.05) is 0 Å². The van der Waals surface area contributed by atoms with Crippen LogP contribution in [0.15, 0.2) is 0 Å². The number of unbranched alkanes of at least 4 members (excludes halogenated alkanes) is 25. The highest BCUT2D eigenvalue weighted by Gasteiger charge is 2.14. The van der Waals surface area contributed by atoms with Gasteiger partial charge in [-0.1, -0.05) is 168 Å². The van der Waals surface area contributed by atoms with Crippen molar-refractivity contribution in [3.05, 3.63) is 0 Å². The number of aliphatic carboxylic acids is 1. The van der Waals surface area contributed by atoms with Gasteiger partial charge in [0.25, 0.3) is 0 Å². The summed E-state index contributed by atoms with van der Waals surface area (Å²) in [6, 6.07) is 0. The number of carbonyl (C=O) groups is 2. The predicted octanol–water partition coefficient (Wildman–Crippen LogP) is 12.5. The van der Waals surface area contributed by atoms with Crippen LogP contribution in [0.4, 0.5) is 0 Å². The second-order valence-corrected chi connectivity index (χ2v) is 12.8. The van der Waals surface area contributed by atoms with Crippen molar-refractivity contribution in [1.82, 2.24) is 0 Å². The molecule has 0 aliphatic heterocycles. The van der Waals surface area contributed by atoms with E-state index in [4.69, 9.17) is 9.84 Å². The van der Waals surface area contributed by atoms with Crippen LogP contribution >= 0.6 is 0 Å². The van der Waals surface area contributed by atoms with E-state index in [2.05, 4.69) is 13.8 Å². The van der Waals surface area contributed by atoms with Crippen LogP contribution in [-0.2, 0) is 14.3 Å². The fourth-order valence-electron chi connectivity index (χ4n) is 5.83. The minimum Gasteiger partial charge on any atom is -0.481 e. The summed E-state index contributed by atoms with van der Waals surface area (Å²) in [6.45, 7) is 4.54. The lowest BCUT2D eigenvalue weighted by atomic mass is 10.0. The highest BCUT2D eigenvalue weighted by Crippen LogP contribution is 2.18. The van der Waals surface area contributed by atoms with Crippen molar-refractivity contribution in [2.45, 2.75) is 225 Å². The summed E-state index contributed by atoms with van der Waals surface area (Å²) >= 11 is 0. The quantitative estimate of drug-likeness (QED) is 0.0607. The lowest BCUT2D eigenvalue weighted by Gasteiger charge is -2.18. The van der Waals surface area contributed by atoms with E-state index in [0.29, 0.717) is 12.8 Å². The third-order valence-electron chi connectivity index (χ3n) is 8.58. The number of ether oxygens (including phenoxy) is 1. The Balaban J connectivity index is 3.77. The molecular formula is C37H72O4. The van der Waals surface area contributed by atoms with E-state index in [9.17, 15) is 9.59 Å². The Labute approximate surface area is 256 Å². The first-order valence-corrected chi connectivity index (χ1v) is 18.5. The summed E-state index contributed by atoms with van der Waals surface area (Å²) in [7, 11) is 0. The molecule has 0 saturated carbocycles. The maximum absolute atomic E-state index is 12.5. The average Bonchev–Trinajstić information content (AvgIpc) is 2.95. The standard InChI is InChI=1S/C37H72O4/c1-3-5-7-9-11-13-14-15-16-17-18-19-20-22-24-26-28-34-37(40)41-35(32-29-30-33-36(38)39)31-27-25-23-21-12-10-8-6-4-2/h35H,3-34H2,1-2H3,(H,38,39). The molecule has 0 saturated heterocycles. The van der Waals surface area contributed by atoms with Crippen LogP contribution in [0.25, 0.3) is 0 Å². The summed E-state index contributed by atoms with van der Waals surface area (Å²) in [5.41, 5.74) is 0. The van der Waals surface area contributed by atoms with Crippen molar-refractivity contribution in [3.63, 3.8) is 0 Å². The molecule has 0 aromatic carbocycles. The molecule has 244 valence electrons. The van der Waals surface area contributed by atoms with Crippen LogP contribution in [0, 0.1) is 0 Å². The molecule has 0 aromatic heterocycles. The van der Waals surface area contributed by atoms with E-state index in [0.717, 1.165) is 38.5 Å². The van der Waals surface area contributed by atoms with Gasteiger partial charge in [-0.05, 0) is 38.5 Å². The summed E-state index contributed by atoms with van der Waals surface area (Å²) in [5.74, 6) is -0.790. The topological polar surface area (TPSA) is 63.6 Å². The van der Waals surface area contributed by atoms with Crippen LogP contribution in [0.1, 0.15) is 219 Å². The molecule has 1 unspecified atom stereocenters. The molecule has 0 aliphatic rings. The maximum atomic E-state index is 12.5. The average molecular weight is 581 g/mol. The Morgan fingerprint density at radius 2 is 0.732 bits per heavy atom. The van der Waals surface area contributed by atoms with Gasteiger partial charge in [-0.15, -0.1) is 0 Å². The van der Waals surface area contributed by atoms with Gasteiger partial charge in [0.05, 0.1) is 0 Å². The van der Waals surface area contributed by atoms with Gasteiger partial charge in [-0.2, -0.15) is 0 Å². The zero-order valence-corrected chi connectivity index (χ0v) is 27.9. The highest BCUT2D eigenvalue weighted by atomic mass is 16.5. The number of hydrogen-bond donors (Lipinski definition) is 1. The van der Waals surface area contributed by atoms with Crippen LogP contribution in [0.5, 0.6) is 0 Å². The number of esters is 1. The normalized spacial score (nSPS) is 12.0. The molecule has 0 fully saturated rings. The summed E-state index contributed by atoms with van der Waals surface area (Å²) < 4.78 is 5.87. The molecule has 0 heterocycles. The van der Waals surface area contributed by atoms with Crippen molar-refractivity contribution in [1.29, 1.82) is 0 Å². The van der Waals surface area contributed by atoms with Gasteiger partial charge in [0.15, 0.2) is 0 Å². The minimum absolute atomic E-state index is 0.0355. The Morgan fingerprint density at radius 3 is 1.10 bits per heavy atom. The van der Waals surface area contributed by atoms with Gasteiger partial charge in [-0.3, -0.25) is 9.59 Å². The molecule has 4 heteroatoms. The Hall–Kier alpha value is -1.06. The molecule has 41 heavy (non-hydrogen) atoms. The third-order valence-corrected chi connectivity index (χ3v) is 8.58. The fourth-order valence-corrected chi connectivity index (χ4v) is 5.83. The first kappa shape index (κ1) is 39.9. The molecule has 0 radical (unpaired) electrons. The van der Waals surface area contributed by atoms with Crippen LogP contribution in [0.2, 0.25) is 0 Å². The molecular weight excluding hydrogens is 508 g/mol. The number of carbonyl (C=O) groups excluding carboxylic acids is 1. The van der Waals surface area contributed by atoms with E-state index in [1.165, 1.54) is 148 Å². The zero-order chi connectivity index (χ0) is 30.1. The monoisotopic (exact) mass is 581 g/mol. The van der Waals surface area contributed by atoms with Crippen LogP contribution in [-0.4, -0.2) is 23.1 Å². The lowest BCUT2D eigenvalue weighted by Crippen LogP contribution is -2.18. The molecule has 0 rings (SSSR count). The van der Waals surface area contributed by atoms with E-state index in [1.54, 1.807) is 0 Å². The van der Waals surface area contributed by atoms with E-state index < -0.39 is 5.97 Å². The first-order chi connectivity index (χ1) is 20.1. The SMILES string of the molecule is CCCCCCCCCCCCCCCCCCCC(=O)OC(CCCCCCCCCCC)CCCCC(=O)O. The summed E-state index contributed by atoms with van der Waals surface area (Å²) in [4.78, 5) is 23.3. The molecule has 0 aromatic rings. The highest BCUT2D eigenvalue weighted by molar-refractivity contribution is 5.69. The van der Waals surface area contributed by atoms with Gasteiger partial charge in [0, 0.05) is 12.8 Å². The Morgan fingerprint density at radius 1 is 0.439 bits per heavy atom. The van der Waals surface area contributed by atoms with Gasteiger partial charge in [0.2, 0.25) is 0 Å². The van der Waals surface area contributed by atoms with Crippen molar-refractivity contribution in [2.24, 2.45) is 0 Å². The van der Waals surface area contributed by atoms with E-state index >= 15 is 0 Å². The fraction of sp³-hybridized carbons (Fsp3) is 0.946. The smallest absolute Gasteiger partial charge is 0.306 e. The third kappa shape index (κ3) is 33.3. The van der Waals surface area contributed by atoms with Crippen LogP contribution in [0.3, 0.4) is 0 Å². The van der Waals surface area contributed by atoms with Crippen LogP contribution < -0.4 is 0 Å². The van der Waals surface area contributed by atoms with Gasteiger partial charge in [0.1, 0.15) is 6.10 Å². The van der Waals surface area contributed by atoms with Crippen molar-refractivity contribution >= 4 is 11.9 Å². The van der Waals surface area contributed by atoms with Gasteiger partial charge in [-0.25, -0.2) is 0 Å². The largest absolute Gasteiger partial charge is 0.481 e. The molecule has 0 spiro atoms. The van der Waals surface area contributed by atoms with E-state index in [1.807, 2.05) is 0 Å². The maximum Gasteiger partial charge on any atom is 0.306 e. The summed E-state index contributed by atoms with van der Waals surface area (Å²) in [6.07, 6.45) is 38.3. The van der Waals surface area contributed by atoms with Crippen molar-refractivity contribution < 1.29 is 19.4 Å². The molecule has 0 amide bonds. The number of carboxylic acids is 1. The van der Waals surface area contributed by atoms with Gasteiger partial charge < -0.3 is 9.84 Å². The molecule has 0 bridgehead atoms. The molecule has 0 aliphatic carbocycles. The summed E-state index contributed by atoms with van der Waals surface area (Å²) in [5, 5.41) is 8.91. The number of carboxylic acid groups (broad SMARTS) is 1. The Bertz CT molecular complexity index is 547. The van der Waals surface area contributed by atoms with Gasteiger partial charge >= 0.3 is 11.9 Å². The number of hydrogen-bond acceptors (Lipinski definition) is 3. The van der Waals surface area contributed by atoms with Crippen molar-refractivity contribution in [3.8, 4) is 0 Å². The lowest BCUT2D eigenvalue weighted by molar-refractivity contribution is -0.150. The number of rotatable bonds is 34. The molecule has 1 atom stereocenters. The minimum atomic E-state index is -0.740. The molecule has 1 N–H and O–H groups in total. The Kier molecular flexibility index (Phi) is 32.6. The zero-order valence-electron chi connectivity index (χ0n) is 27.9. The molecule has 4 nitrogen and oxygen atoms in total. The first-order valence-electron chi connectivity index (χ1n) is 18.5. The second-order valence-electron chi connectivity index (χ2n) is 12.8. The van der Waals surface area contributed by atoms with E-state index in [-0.39, 0.29) is 18.5 Å². The second kappa shape index (κ2) is 33.4. The predicted molar refractivity (Wildman–Crippen MR) is 177 cm³/mol.